The second-order valence-electron chi connectivity index (χ2n) is 3.18. The molecule has 0 aliphatic carbocycles. The molecule has 0 spiro atoms. The van der Waals surface area contributed by atoms with Crippen molar-refractivity contribution >= 4 is 27.5 Å². The van der Waals surface area contributed by atoms with Crippen molar-refractivity contribution in [2.75, 3.05) is 6.54 Å². The molecule has 1 rings (SSSR count). The zero-order valence-corrected chi connectivity index (χ0v) is 10.9. The van der Waals surface area contributed by atoms with Gasteiger partial charge in [-0.2, -0.15) is 0 Å². The molecule has 1 atom stereocenters. The van der Waals surface area contributed by atoms with E-state index in [-0.39, 0.29) is 6.04 Å². The van der Waals surface area contributed by atoms with Gasteiger partial charge >= 0.3 is 0 Å². The Morgan fingerprint density at radius 2 is 2.33 bits per heavy atom. The van der Waals surface area contributed by atoms with Gasteiger partial charge in [-0.05, 0) is 30.3 Å². The SMILES string of the molecule is C#CCC(NCC)c1cc(Cl)ccc1Br. The Morgan fingerprint density at radius 1 is 1.60 bits per heavy atom. The Bertz CT molecular complexity index is 370. The van der Waals surface area contributed by atoms with E-state index in [2.05, 4.69) is 34.1 Å². The maximum Gasteiger partial charge on any atom is 0.0442 e. The molecule has 1 aromatic carbocycles. The van der Waals surface area contributed by atoms with Gasteiger partial charge in [0.1, 0.15) is 0 Å². The van der Waals surface area contributed by atoms with Crippen molar-refractivity contribution in [1.82, 2.24) is 5.32 Å². The molecule has 1 nitrogen and oxygen atoms in total. The van der Waals surface area contributed by atoms with E-state index >= 15 is 0 Å². The predicted molar refractivity (Wildman–Crippen MR) is 69.0 cm³/mol. The summed E-state index contributed by atoms with van der Waals surface area (Å²) in [6, 6.07) is 5.90. The van der Waals surface area contributed by atoms with Crippen molar-refractivity contribution in [3.05, 3.63) is 33.3 Å². The van der Waals surface area contributed by atoms with E-state index < -0.39 is 0 Å². The quantitative estimate of drug-likeness (QED) is 0.831. The van der Waals surface area contributed by atoms with Gasteiger partial charge in [-0.3, -0.25) is 0 Å². The highest BCUT2D eigenvalue weighted by Gasteiger charge is 2.12. The predicted octanol–water partition coefficient (Wildman–Crippen LogP) is 3.78. The summed E-state index contributed by atoms with van der Waals surface area (Å²) in [5.74, 6) is 2.67. The number of hydrogen-bond acceptors (Lipinski definition) is 1. The van der Waals surface area contributed by atoms with Crippen LogP contribution in [0.15, 0.2) is 22.7 Å². The van der Waals surface area contributed by atoms with Gasteiger partial charge in [0.25, 0.3) is 0 Å². The first kappa shape index (κ1) is 12.6. The summed E-state index contributed by atoms with van der Waals surface area (Å²) in [6.45, 7) is 2.94. The van der Waals surface area contributed by atoms with Crippen molar-refractivity contribution < 1.29 is 0 Å². The van der Waals surface area contributed by atoms with Gasteiger partial charge in [0, 0.05) is 22.0 Å². The zero-order valence-electron chi connectivity index (χ0n) is 8.56. The minimum atomic E-state index is 0.160. The van der Waals surface area contributed by atoms with E-state index in [1.165, 1.54) is 0 Å². The van der Waals surface area contributed by atoms with Crippen molar-refractivity contribution in [3.63, 3.8) is 0 Å². The third kappa shape index (κ3) is 3.53. The van der Waals surface area contributed by atoms with E-state index in [1.807, 2.05) is 18.2 Å². The normalized spacial score (nSPS) is 12.1. The summed E-state index contributed by atoms with van der Waals surface area (Å²) < 4.78 is 1.04. The van der Waals surface area contributed by atoms with E-state index in [0.717, 1.165) is 21.6 Å². The highest BCUT2D eigenvalue weighted by atomic mass is 79.9. The first-order valence-corrected chi connectivity index (χ1v) is 5.98. The molecule has 80 valence electrons. The Balaban J connectivity index is 2.99. The van der Waals surface area contributed by atoms with Crippen LogP contribution >= 0.6 is 27.5 Å². The monoisotopic (exact) mass is 285 g/mol. The molecule has 1 aromatic rings. The zero-order chi connectivity index (χ0) is 11.3. The summed E-state index contributed by atoms with van der Waals surface area (Å²) in [4.78, 5) is 0. The molecule has 1 unspecified atom stereocenters. The number of hydrogen-bond donors (Lipinski definition) is 1. The third-order valence-electron chi connectivity index (χ3n) is 2.11. The lowest BCUT2D eigenvalue weighted by Gasteiger charge is -2.17. The molecule has 15 heavy (non-hydrogen) atoms. The van der Waals surface area contributed by atoms with Crippen molar-refractivity contribution in [1.29, 1.82) is 0 Å². The lowest BCUT2D eigenvalue weighted by atomic mass is 10.0. The third-order valence-corrected chi connectivity index (χ3v) is 3.06. The lowest BCUT2D eigenvalue weighted by Crippen LogP contribution is -2.20. The molecule has 0 aliphatic heterocycles. The molecular weight excluding hydrogens is 273 g/mol. The maximum absolute atomic E-state index is 5.96. The van der Waals surface area contributed by atoms with Crippen LogP contribution in [0, 0.1) is 12.3 Å². The van der Waals surface area contributed by atoms with Gasteiger partial charge < -0.3 is 5.32 Å². The average molecular weight is 287 g/mol. The average Bonchev–Trinajstić information content (AvgIpc) is 2.21. The topological polar surface area (TPSA) is 12.0 Å². The van der Waals surface area contributed by atoms with Crippen LogP contribution < -0.4 is 5.32 Å². The van der Waals surface area contributed by atoms with Gasteiger partial charge in [0.15, 0.2) is 0 Å². The number of halogens is 2. The van der Waals surface area contributed by atoms with Crippen molar-refractivity contribution in [2.45, 2.75) is 19.4 Å². The molecule has 1 N–H and O–H groups in total. The summed E-state index contributed by atoms with van der Waals surface area (Å²) in [5, 5.41) is 4.07. The smallest absolute Gasteiger partial charge is 0.0442 e. The molecule has 0 aromatic heterocycles. The molecule has 3 heteroatoms. The molecule has 0 saturated carbocycles. The van der Waals surface area contributed by atoms with Crippen LogP contribution in [0.5, 0.6) is 0 Å². The van der Waals surface area contributed by atoms with Gasteiger partial charge in [-0.25, -0.2) is 0 Å². The molecule has 0 saturated heterocycles. The summed E-state index contributed by atoms with van der Waals surface area (Å²) in [5.41, 5.74) is 1.11. The summed E-state index contributed by atoms with van der Waals surface area (Å²) in [6.07, 6.45) is 6.01. The van der Waals surface area contributed by atoms with E-state index in [4.69, 9.17) is 18.0 Å². The first-order chi connectivity index (χ1) is 7.19. The van der Waals surface area contributed by atoms with Crippen molar-refractivity contribution in [2.24, 2.45) is 0 Å². The largest absolute Gasteiger partial charge is 0.309 e. The highest BCUT2D eigenvalue weighted by Crippen LogP contribution is 2.28. The molecule has 0 radical (unpaired) electrons. The van der Waals surface area contributed by atoms with Crippen LogP contribution in [0.1, 0.15) is 24.9 Å². The molecule has 0 heterocycles. The minimum absolute atomic E-state index is 0.160. The number of nitrogens with one attached hydrogen (secondary N) is 1. The molecule has 0 amide bonds. The second kappa shape index (κ2) is 6.17. The van der Waals surface area contributed by atoms with Gasteiger partial charge in [-0.1, -0.05) is 34.5 Å². The van der Waals surface area contributed by atoms with Crippen LogP contribution in [0.2, 0.25) is 5.02 Å². The molecular formula is C12H13BrClN. The maximum atomic E-state index is 5.96. The molecule has 0 aliphatic rings. The second-order valence-corrected chi connectivity index (χ2v) is 4.48. The fraction of sp³-hybridized carbons (Fsp3) is 0.333. The fourth-order valence-electron chi connectivity index (χ4n) is 1.44. The number of benzene rings is 1. The summed E-state index contributed by atoms with van der Waals surface area (Å²) >= 11 is 9.46. The first-order valence-electron chi connectivity index (χ1n) is 4.80. The van der Waals surface area contributed by atoms with E-state index in [1.54, 1.807) is 0 Å². The van der Waals surface area contributed by atoms with Crippen LogP contribution in [-0.4, -0.2) is 6.54 Å². The standard InChI is InChI=1S/C12H13BrClN/c1-3-5-12(15-4-2)10-8-9(14)6-7-11(10)13/h1,6-8,12,15H,4-5H2,2H3. The van der Waals surface area contributed by atoms with Crippen LogP contribution in [-0.2, 0) is 0 Å². The van der Waals surface area contributed by atoms with Crippen LogP contribution in [0.25, 0.3) is 0 Å². The van der Waals surface area contributed by atoms with Crippen molar-refractivity contribution in [3.8, 4) is 12.3 Å². The van der Waals surface area contributed by atoms with Gasteiger partial charge in [0.05, 0.1) is 0 Å². The Morgan fingerprint density at radius 3 is 2.93 bits per heavy atom. The van der Waals surface area contributed by atoms with Crippen LogP contribution in [0.4, 0.5) is 0 Å². The van der Waals surface area contributed by atoms with Crippen LogP contribution in [0.3, 0.4) is 0 Å². The highest BCUT2D eigenvalue weighted by molar-refractivity contribution is 9.10. The van der Waals surface area contributed by atoms with E-state index in [0.29, 0.717) is 6.42 Å². The lowest BCUT2D eigenvalue weighted by molar-refractivity contribution is 0.563. The molecule has 0 fully saturated rings. The van der Waals surface area contributed by atoms with Gasteiger partial charge in [-0.15, -0.1) is 12.3 Å². The van der Waals surface area contributed by atoms with Gasteiger partial charge in [0.2, 0.25) is 0 Å². The number of rotatable bonds is 4. The summed E-state index contributed by atoms with van der Waals surface area (Å²) in [7, 11) is 0. The Hall–Kier alpha value is -0.490. The fourth-order valence-corrected chi connectivity index (χ4v) is 2.14. The van der Waals surface area contributed by atoms with E-state index in [9.17, 15) is 0 Å². The number of terminal acetylenes is 1. The Kier molecular flexibility index (Phi) is 5.17. The minimum Gasteiger partial charge on any atom is -0.309 e. The molecule has 0 bridgehead atoms. The Labute approximate surface area is 104 Å².